The molecule has 1 amide bonds. The van der Waals surface area contributed by atoms with Crippen molar-refractivity contribution in [3.63, 3.8) is 0 Å². The Labute approximate surface area is 175 Å². The van der Waals surface area contributed by atoms with Crippen LogP contribution in [-0.4, -0.2) is 20.9 Å². The molecule has 3 aromatic rings. The summed E-state index contributed by atoms with van der Waals surface area (Å²) in [7, 11) is -3.64. The van der Waals surface area contributed by atoms with Crippen molar-refractivity contribution < 1.29 is 13.2 Å². The SMILES string of the molecule is Cc1ccc(S(=O)(=O)N2CCc3cc(C(=O)Nc4cccc(Cl)c4)ccc32)cc1. The number of hydrogen-bond donors (Lipinski definition) is 1. The second kappa shape index (κ2) is 7.54. The van der Waals surface area contributed by atoms with Crippen LogP contribution in [0.25, 0.3) is 0 Å². The summed E-state index contributed by atoms with van der Waals surface area (Å²) < 4.78 is 27.5. The van der Waals surface area contributed by atoms with Crippen LogP contribution in [0, 0.1) is 6.92 Å². The fourth-order valence-corrected chi connectivity index (χ4v) is 5.06. The molecule has 0 fully saturated rings. The quantitative estimate of drug-likeness (QED) is 0.660. The second-order valence-corrected chi connectivity index (χ2v) is 9.25. The van der Waals surface area contributed by atoms with Crippen LogP contribution in [0.5, 0.6) is 0 Å². The van der Waals surface area contributed by atoms with E-state index in [1.54, 1.807) is 66.7 Å². The Morgan fingerprint density at radius 3 is 2.52 bits per heavy atom. The van der Waals surface area contributed by atoms with Crippen molar-refractivity contribution in [1.29, 1.82) is 0 Å². The van der Waals surface area contributed by atoms with Crippen molar-refractivity contribution >= 4 is 38.9 Å². The van der Waals surface area contributed by atoms with Gasteiger partial charge in [-0.25, -0.2) is 8.42 Å². The molecule has 0 radical (unpaired) electrons. The molecule has 0 saturated carbocycles. The van der Waals surface area contributed by atoms with Crippen LogP contribution in [0.15, 0.2) is 71.6 Å². The van der Waals surface area contributed by atoms with Crippen molar-refractivity contribution in [2.45, 2.75) is 18.2 Å². The van der Waals surface area contributed by atoms with Gasteiger partial charge in [0.15, 0.2) is 0 Å². The van der Waals surface area contributed by atoms with E-state index in [1.807, 2.05) is 6.92 Å². The average molecular weight is 427 g/mol. The Kier molecular flexibility index (Phi) is 5.06. The van der Waals surface area contributed by atoms with E-state index < -0.39 is 10.0 Å². The summed E-state index contributed by atoms with van der Waals surface area (Å²) in [5.74, 6) is -0.269. The number of nitrogens with zero attached hydrogens (tertiary/aromatic N) is 1. The summed E-state index contributed by atoms with van der Waals surface area (Å²) in [6.07, 6.45) is 0.554. The predicted molar refractivity (Wildman–Crippen MR) is 115 cm³/mol. The molecule has 0 unspecified atom stereocenters. The number of fused-ring (bicyclic) bond motifs is 1. The highest BCUT2D eigenvalue weighted by molar-refractivity contribution is 7.92. The van der Waals surface area contributed by atoms with E-state index in [0.717, 1.165) is 11.1 Å². The van der Waals surface area contributed by atoms with Crippen LogP contribution < -0.4 is 9.62 Å². The minimum Gasteiger partial charge on any atom is -0.322 e. The lowest BCUT2D eigenvalue weighted by Crippen LogP contribution is -2.29. The van der Waals surface area contributed by atoms with Gasteiger partial charge in [-0.1, -0.05) is 35.4 Å². The zero-order valence-electron chi connectivity index (χ0n) is 15.7. The first-order valence-electron chi connectivity index (χ1n) is 9.14. The van der Waals surface area contributed by atoms with Gasteiger partial charge in [-0.2, -0.15) is 0 Å². The number of hydrogen-bond acceptors (Lipinski definition) is 3. The molecule has 29 heavy (non-hydrogen) atoms. The highest BCUT2D eigenvalue weighted by Crippen LogP contribution is 2.33. The molecule has 1 N–H and O–H groups in total. The zero-order chi connectivity index (χ0) is 20.6. The normalized spacial score (nSPS) is 13.2. The summed E-state index contributed by atoms with van der Waals surface area (Å²) in [6.45, 7) is 2.27. The standard InChI is InChI=1S/C22H19ClN2O3S/c1-15-5-8-20(9-6-15)29(27,28)25-12-11-16-13-17(7-10-21(16)25)22(26)24-19-4-2-3-18(23)14-19/h2-10,13-14H,11-12H2,1H3,(H,24,26). The largest absolute Gasteiger partial charge is 0.322 e. The monoisotopic (exact) mass is 426 g/mol. The van der Waals surface area contributed by atoms with Crippen molar-refractivity contribution in [3.8, 4) is 0 Å². The van der Waals surface area contributed by atoms with Crippen LogP contribution in [-0.2, 0) is 16.4 Å². The number of halogens is 1. The molecule has 0 spiro atoms. The number of nitrogens with one attached hydrogen (secondary N) is 1. The molecule has 0 saturated heterocycles. The lowest BCUT2D eigenvalue weighted by atomic mass is 10.1. The number of amides is 1. The maximum absolute atomic E-state index is 13.0. The first-order chi connectivity index (χ1) is 13.8. The second-order valence-electron chi connectivity index (χ2n) is 6.95. The van der Waals surface area contributed by atoms with Crippen LogP contribution >= 0.6 is 11.6 Å². The number of carbonyl (C=O) groups is 1. The van der Waals surface area contributed by atoms with Crippen molar-refractivity contribution in [2.24, 2.45) is 0 Å². The van der Waals surface area contributed by atoms with Gasteiger partial charge < -0.3 is 5.32 Å². The molecule has 7 heteroatoms. The predicted octanol–water partition coefficient (Wildman–Crippen LogP) is 4.65. The minimum absolute atomic E-state index is 0.263. The number of benzene rings is 3. The molecule has 0 aliphatic carbocycles. The Morgan fingerprint density at radius 1 is 1.03 bits per heavy atom. The van der Waals surface area contributed by atoms with E-state index in [2.05, 4.69) is 5.32 Å². The summed E-state index contributed by atoms with van der Waals surface area (Å²) >= 11 is 5.96. The molecule has 4 rings (SSSR count). The van der Waals surface area contributed by atoms with Crippen LogP contribution in [0.1, 0.15) is 21.5 Å². The first kappa shape index (κ1) is 19.5. The van der Waals surface area contributed by atoms with E-state index in [4.69, 9.17) is 11.6 Å². The Hall–Kier alpha value is -2.83. The van der Waals surface area contributed by atoms with Crippen LogP contribution in [0.2, 0.25) is 5.02 Å². The fraction of sp³-hybridized carbons (Fsp3) is 0.136. The van der Waals surface area contributed by atoms with E-state index in [-0.39, 0.29) is 10.8 Å². The van der Waals surface area contributed by atoms with Gasteiger partial charge >= 0.3 is 0 Å². The Bertz CT molecular complexity index is 1190. The molecule has 0 bridgehead atoms. The summed E-state index contributed by atoms with van der Waals surface area (Å²) in [4.78, 5) is 12.8. The molecule has 1 heterocycles. The lowest BCUT2D eigenvalue weighted by molar-refractivity contribution is 0.102. The van der Waals surface area contributed by atoms with Gasteiger partial charge in [0.25, 0.3) is 15.9 Å². The smallest absolute Gasteiger partial charge is 0.264 e. The number of sulfonamides is 1. The van der Waals surface area contributed by atoms with Crippen molar-refractivity contribution in [2.75, 3.05) is 16.2 Å². The van der Waals surface area contributed by atoms with E-state index in [9.17, 15) is 13.2 Å². The van der Waals surface area contributed by atoms with E-state index >= 15 is 0 Å². The van der Waals surface area contributed by atoms with E-state index in [1.165, 1.54) is 4.31 Å². The molecule has 1 aliphatic rings. The maximum Gasteiger partial charge on any atom is 0.264 e. The Morgan fingerprint density at radius 2 is 1.79 bits per heavy atom. The molecule has 148 valence electrons. The van der Waals surface area contributed by atoms with Gasteiger partial charge in [0.05, 0.1) is 10.6 Å². The highest BCUT2D eigenvalue weighted by Gasteiger charge is 2.31. The van der Waals surface area contributed by atoms with Crippen LogP contribution in [0.4, 0.5) is 11.4 Å². The summed E-state index contributed by atoms with van der Waals surface area (Å²) in [5, 5.41) is 3.34. The van der Waals surface area contributed by atoms with Gasteiger partial charge in [0, 0.05) is 22.8 Å². The fourth-order valence-electron chi connectivity index (χ4n) is 3.37. The van der Waals surface area contributed by atoms with Gasteiger partial charge in [-0.05, 0) is 67.4 Å². The third-order valence-electron chi connectivity index (χ3n) is 4.89. The van der Waals surface area contributed by atoms with Crippen molar-refractivity contribution in [3.05, 3.63) is 88.4 Å². The molecule has 1 aliphatic heterocycles. The summed E-state index contributed by atoms with van der Waals surface area (Å²) in [6, 6.07) is 18.8. The maximum atomic E-state index is 13.0. The summed E-state index contributed by atoms with van der Waals surface area (Å²) in [5.41, 5.74) is 3.52. The lowest BCUT2D eigenvalue weighted by Gasteiger charge is -2.20. The number of carbonyl (C=O) groups excluding carboxylic acids is 1. The molecular weight excluding hydrogens is 408 g/mol. The van der Waals surface area contributed by atoms with E-state index in [0.29, 0.717) is 34.9 Å². The topological polar surface area (TPSA) is 66.5 Å². The number of anilines is 2. The zero-order valence-corrected chi connectivity index (χ0v) is 17.3. The van der Waals surface area contributed by atoms with Gasteiger partial charge in [-0.15, -0.1) is 0 Å². The third-order valence-corrected chi connectivity index (χ3v) is 6.95. The average Bonchev–Trinajstić information content (AvgIpc) is 3.12. The van der Waals surface area contributed by atoms with Gasteiger partial charge in [0.1, 0.15) is 0 Å². The number of aryl methyl sites for hydroxylation is 1. The number of rotatable bonds is 4. The van der Waals surface area contributed by atoms with Gasteiger partial charge in [-0.3, -0.25) is 9.10 Å². The molecule has 0 aromatic heterocycles. The minimum atomic E-state index is -3.64. The molecule has 3 aromatic carbocycles. The first-order valence-corrected chi connectivity index (χ1v) is 11.0. The molecule has 5 nitrogen and oxygen atoms in total. The molecular formula is C22H19ClN2O3S. The van der Waals surface area contributed by atoms with Crippen LogP contribution in [0.3, 0.4) is 0 Å². The molecule has 0 atom stereocenters. The highest BCUT2D eigenvalue weighted by atomic mass is 35.5. The van der Waals surface area contributed by atoms with Crippen molar-refractivity contribution in [1.82, 2.24) is 0 Å². The third kappa shape index (κ3) is 3.86. The Balaban J connectivity index is 1.59. The van der Waals surface area contributed by atoms with Gasteiger partial charge in [0.2, 0.25) is 0 Å².